The molecule has 23 heavy (non-hydrogen) atoms. The van der Waals surface area contributed by atoms with Gasteiger partial charge in [-0.2, -0.15) is 0 Å². The molecule has 1 aromatic carbocycles. The number of unbranched alkanes of at least 4 members (excludes halogenated alkanes) is 10. The van der Waals surface area contributed by atoms with E-state index in [4.69, 9.17) is 0 Å². The van der Waals surface area contributed by atoms with Gasteiger partial charge in [-0.1, -0.05) is 83.3 Å². The van der Waals surface area contributed by atoms with Crippen LogP contribution in [0.3, 0.4) is 0 Å². The first-order chi connectivity index (χ1) is 11.2. The molecular formula is C19H31O3S-. The Morgan fingerprint density at radius 2 is 1.30 bits per heavy atom. The Kier molecular flexibility index (Phi) is 11.9. The molecule has 0 aliphatic carbocycles. The fourth-order valence-corrected chi connectivity index (χ4v) is 3.05. The lowest BCUT2D eigenvalue weighted by molar-refractivity contribution is 0.440. The fraction of sp³-hybridized carbons (Fsp3) is 0.684. The highest BCUT2D eigenvalue weighted by Crippen LogP contribution is 2.16. The first-order valence-electron chi connectivity index (χ1n) is 9.09. The van der Waals surface area contributed by atoms with Crippen molar-refractivity contribution >= 4 is 11.4 Å². The van der Waals surface area contributed by atoms with Gasteiger partial charge in [-0.25, -0.2) is 4.21 Å². The molecule has 0 fully saturated rings. The van der Waals surface area contributed by atoms with Gasteiger partial charge in [-0.3, -0.25) is 0 Å². The van der Waals surface area contributed by atoms with Gasteiger partial charge in [0.2, 0.25) is 0 Å². The summed E-state index contributed by atoms with van der Waals surface area (Å²) in [7, 11) is 0. The summed E-state index contributed by atoms with van der Waals surface area (Å²) in [6.45, 7) is 2.26. The van der Waals surface area contributed by atoms with Crippen LogP contribution in [0, 0.1) is 0 Å². The first kappa shape index (κ1) is 20.2. The third-order valence-corrected chi connectivity index (χ3v) is 4.49. The van der Waals surface area contributed by atoms with Gasteiger partial charge >= 0.3 is 0 Å². The van der Waals surface area contributed by atoms with Gasteiger partial charge in [-0.05, 0) is 30.5 Å². The number of aryl methyl sites for hydroxylation is 1. The Labute approximate surface area is 144 Å². The summed E-state index contributed by atoms with van der Waals surface area (Å²) in [5, 5.41) is 0. The van der Waals surface area contributed by atoms with Gasteiger partial charge in [0.1, 0.15) is 17.1 Å². The predicted molar refractivity (Wildman–Crippen MR) is 96.2 cm³/mol. The number of hydrogen-bond acceptors (Lipinski definition) is 3. The maximum Gasteiger partial charge on any atom is 0.139 e. The van der Waals surface area contributed by atoms with Crippen LogP contribution in [-0.2, 0) is 17.8 Å². The molecule has 0 amide bonds. The zero-order valence-electron chi connectivity index (χ0n) is 14.4. The molecule has 0 N–H and O–H groups in total. The third kappa shape index (κ3) is 11.3. The highest BCUT2D eigenvalue weighted by molar-refractivity contribution is 7.74. The Morgan fingerprint density at radius 1 is 0.826 bits per heavy atom. The van der Waals surface area contributed by atoms with Crippen LogP contribution < -0.4 is 4.18 Å². The molecule has 1 atom stereocenters. The molecule has 0 aliphatic rings. The van der Waals surface area contributed by atoms with Crippen LogP contribution in [0.4, 0.5) is 0 Å². The molecule has 1 rings (SSSR count). The molecule has 0 saturated carbocycles. The highest BCUT2D eigenvalue weighted by atomic mass is 32.2. The zero-order valence-corrected chi connectivity index (χ0v) is 15.2. The van der Waals surface area contributed by atoms with Crippen LogP contribution in [0.15, 0.2) is 24.3 Å². The maximum atomic E-state index is 10.4. The van der Waals surface area contributed by atoms with Gasteiger partial charge in [0.25, 0.3) is 0 Å². The largest absolute Gasteiger partial charge is 0.740 e. The van der Waals surface area contributed by atoms with Crippen molar-refractivity contribution in [3.63, 3.8) is 0 Å². The quantitative estimate of drug-likeness (QED) is 0.322. The molecule has 0 aromatic heterocycles. The van der Waals surface area contributed by atoms with E-state index in [-0.39, 0.29) is 0 Å². The Balaban J connectivity index is 1.95. The van der Waals surface area contributed by atoms with Crippen LogP contribution in [0.1, 0.15) is 83.1 Å². The van der Waals surface area contributed by atoms with E-state index in [1.165, 1.54) is 76.2 Å². The second kappa shape index (κ2) is 13.6. The summed E-state index contributed by atoms with van der Waals surface area (Å²) in [5.41, 5.74) is 1.24. The highest BCUT2D eigenvalue weighted by Gasteiger charge is 1.97. The van der Waals surface area contributed by atoms with Crippen molar-refractivity contribution in [2.24, 2.45) is 0 Å². The van der Waals surface area contributed by atoms with Crippen molar-refractivity contribution in [3.05, 3.63) is 29.8 Å². The van der Waals surface area contributed by atoms with E-state index < -0.39 is 11.4 Å². The molecule has 1 unspecified atom stereocenters. The molecular weight excluding hydrogens is 308 g/mol. The Hall–Kier alpha value is -0.870. The molecule has 0 saturated heterocycles. The van der Waals surface area contributed by atoms with Crippen LogP contribution in [0.25, 0.3) is 0 Å². The Bertz CT molecular complexity index is 417. The van der Waals surface area contributed by atoms with Gasteiger partial charge in [0.15, 0.2) is 0 Å². The molecule has 0 bridgehead atoms. The zero-order chi connectivity index (χ0) is 16.8. The van der Waals surface area contributed by atoms with E-state index >= 15 is 0 Å². The maximum absolute atomic E-state index is 10.4. The van der Waals surface area contributed by atoms with E-state index in [1.54, 1.807) is 12.1 Å². The molecule has 0 spiro atoms. The second-order valence-electron chi connectivity index (χ2n) is 6.22. The minimum Gasteiger partial charge on any atom is -0.740 e. The normalized spacial score (nSPS) is 12.3. The van der Waals surface area contributed by atoms with Gasteiger partial charge in [0, 0.05) is 0 Å². The summed E-state index contributed by atoms with van der Waals surface area (Å²) in [5.74, 6) is 0.376. The summed E-state index contributed by atoms with van der Waals surface area (Å²) >= 11 is -2.49. The minimum absolute atomic E-state index is 0.376. The molecule has 4 heteroatoms. The summed E-state index contributed by atoms with van der Waals surface area (Å²) in [4.78, 5) is 0. The summed E-state index contributed by atoms with van der Waals surface area (Å²) in [6, 6.07) is 7.31. The van der Waals surface area contributed by atoms with Crippen molar-refractivity contribution in [2.75, 3.05) is 0 Å². The first-order valence-corrected chi connectivity index (χ1v) is 10.1. The number of hydrogen-bond donors (Lipinski definition) is 0. The van der Waals surface area contributed by atoms with E-state index in [0.29, 0.717) is 5.75 Å². The van der Waals surface area contributed by atoms with Crippen molar-refractivity contribution in [2.45, 2.75) is 84.0 Å². The van der Waals surface area contributed by atoms with Crippen molar-refractivity contribution < 1.29 is 12.9 Å². The summed E-state index contributed by atoms with van der Waals surface area (Å²) in [6.07, 6.45) is 15.9. The van der Waals surface area contributed by atoms with E-state index in [0.717, 1.165) is 6.42 Å². The van der Waals surface area contributed by atoms with Crippen LogP contribution in [0.2, 0.25) is 0 Å². The fourth-order valence-electron chi connectivity index (χ4n) is 2.78. The monoisotopic (exact) mass is 339 g/mol. The summed E-state index contributed by atoms with van der Waals surface area (Å²) < 4.78 is 25.4. The van der Waals surface area contributed by atoms with Crippen LogP contribution in [0.5, 0.6) is 5.75 Å². The van der Waals surface area contributed by atoms with E-state index in [2.05, 4.69) is 11.1 Å². The van der Waals surface area contributed by atoms with E-state index in [1.807, 2.05) is 12.1 Å². The van der Waals surface area contributed by atoms with Gasteiger partial charge in [-0.15, -0.1) is 0 Å². The van der Waals surface area contributed by atoms with Crippen LogP contribution in [-0.4, -0.2) is 8.76 Å². The lowest BCUT2D eigenvalue weighted by atomic mass is 10.0. The Morgan fingerprint density at radius 3 is 1.78 bits per heavy atom. The molecule has 1 aromatic rings. The minimum atomic E-state index is -2.49. The molecule has 0 heterocycles. The van der Waals surface area contributed by atoms with Crippen molar-refractivity contribution in [3.8, 4) is 5.75 Å². The lowest BCUT2D eigenvalue weighted by Crippen LogP contribution is -1.97. The number of rotatable bonds is 14. The standard InChI is InChI=1S/C19H32O3S/c1-2-3-4-5-6-7-8-9-10-11-12-13-18-14-16-19(17-15-18)22-23(20)21/h14-17H,2-13H2,1H3,(H,20,21)/p-1. The van der Waals surface area contributed by atoms with Crippen molar-refractivity contribution in [1.29, 1.82) is 0 Å². The van der Waals surface area contributed by atoms with Crippen LogP contribution >= 0.6 is 0 Å². The van der Waals surface area contributed by atoms with Gasteiger partial charge < -0.3 is 8.74 Å². The smallest absolute Gasteiger partial charge is 0.139 e. The van der Waals surface area contributed by atoms with Crippen molar-refractivity contribution in [1.82, 2.24) is 0 Å². The number of benzene rings is 1. The van der Waals surface area contributed by atoms with E-state index in [9.17, 15) is 8.76 Å². The molecule has 132 valence electrons. The topological polar surface area (TPSA) is 49.4 Å². The average molecular weight is 340 g/mol. The molecule has 0 aliphatic heterocycles. The molecule has 0 radical (unpaired) electrons. The lowest BCUT2D eigenvalue weighted by Gasteiger charge is -2.07. The predicted octanol–water partition coefficient (Wildman–Crippen LogP) is 5.71. The SMILES string of the molecule is CCCCCCCCCCCCCc1ccc(OS(=O)[O-])cc1. The average Bonchev–Trinajstić information content (AvgIpc) is 2.53. The van der Waals surface area contributed by atoms with Gasteiger partial charge in [0.05, 0.1) is 0 Å². The third-order valence-electron chi connectivity index (χ3n) is 4.16. The molecule has 3 nitrogen and oxygen atoms in total. The second-order valence-corrected chi connectivity index (χ2v) is 6.79.